The van der Waals surface area contributed by atoms with Crippen molar-refractivity contribution in [1.82, 2.24) is 4.98 Å². The lowest BCUT2D eigenvalue weighted by Crippen LogP contribution is -2.31. The Morgan fingerprint density at radius 2 is 2.08 bits per heavy atom. The van der Waals surface area contributed by atoms with Gasteiger partial charge in [-0.25, -0.2) is 0 Å². The first-order chi connectivity index (χ1) is 5.75. The quantitative estimate of drug-likeness (QED) is 0.724. The van der Waals surface area contributed by atoms with Crippen molar-refractivity contribution in [2.75, 3.05) is 18.6 Å². The molecule has 0 spiro atoms. The molecule has 0 bridgehead atoms. The van der Waals surface area contributed by atoms with Crippen LogP contribution in [0.2, 0.25) is 0 Å². The Hall–Kier alpha value is -1.09. The van der Waals surface area contributed by atoms with Crippen LogP contribution in [0, 0.1) is 0 Å². The molecule has 0 radical (unpaired) electrons. The van der Waals surface area contributed by atoms with Crippen molar-refractivity contribution >= 4 is 5.69 Å². The molecule has 1 rings (SSSR count). The second-order valence-electron chi connectivity index (χ2n) is 2.85. The summed E-state index contributed by atoms with van der Waals surface area (Å²) >= 11 is 0. The summed E-state index contributed by atoms with van der Waals surface area (Å²) in [5, 5.41) is 8.91. The van der Waals surface area contributed by atoms with E-state index < -0.39 is 0 Å². The molecule has 0 aliphatic rings. The predicted octanol–water partition coefficient (Wildman–Crippen LogP) is 0.899. The van der Waals surface area contributed by atoms with Crippen molar-refractivity contribution in [3.63, 3.8) is 0 Å². The van der Waals surface area contributed by atoms with Crippen molar-refractivity contribution in [3.05, 3.63) is 24.5 Å². The molecule has 1 atom stereocenters. The summed E-state index contributed by atoms with van der Waals surface area (Å²) in [6, 6.07) is 3.99. The van der Waals surface area contributed by atoms with Crippen LogP contribution in [0.15, 0.2) is 24.5 Å². The molecule has 1 unspecified atom stereocenters. The molecule has 3 nitrogen and oxygen atoms in total. The van der Waals surface area contributed by atoms with Crippen LogP contribution in [0.5, 0.6) is 0 Å². The van der Waals surface area contributed by atoms with E-state index in [0.29, 0.717) is 0 Å². The van der Waals surface area contributed by atoms with Crippen LogP contribution in [0.25, 0.3) is 0 Å². The molecule has 12 heavy (non-hydrogen) atoms. The summed E-state index contributed by atoms with van der Waals surface area (Å²) in [4.78, 5) is 5.94. The number of aliphatic hydroxyl groups excluding tert-OH is 1. The van der Waals surface area contributed by atoms with Crippen LogP contribution in [0.1, 0.15) is 6.92 Å². The zero-order valence-corrected chi connectivity index (χ0v) is 7.44. The van der Waals surface area contributed by atoms with Gasteiger partial charge >= 0.3 is 0 Å². The molecule has 0 saturated carbocycles. The summed E-state index contributed by atoms with van der Waals surface area (Å²) in [5.41, 5.74) is 1.08. The minimum Gasteiger partial charge on any atom is -0.394 e. The number of aromatic nitrogens is 1. The summed E-state index contributed by atoms with van der Waals surface area (Å²) in [6.45, 7) is 2.14. The van der Waals surface area contributed by atoms with E-state index >= 15 is 0 Å². The SMILES string of the molecule is CC(CO)N(C)c1ccncc1. The number of hydrogen-bond donors (Lipinski definition) is 1. The fourth-order valence-corrected chi connectivity index (χ4v) is 0.956. The summed E-state index contributed by atoms with van der Waals surface area (Å²) in [6.07, 6.45) is 3.49. The highest BCUT2D eigenvalue weighted by atomic mass is 16.3. The van der Waals surface area contributed by atoms with Gasteiger partial charge in [0.05, 0.1) is 6.61 Å². The van der Waals surface area contributed by atoms with Gasteiger partial charge in [0.15, 0.2) is 0 Å². The fraction of sp³-hybridized carbons (Fsp3) is 0.444. The number of rotatable bonds is 3. The Morgan fingerprint density at radius 1 is 1.50 bits per heavy atom. The topological polar surface area (TPSA) is 36.4 Å². The van der Waals surface area contributed by atoms with E-state index in [4.69, 9.17) is 5.11 Å². The number of pyridine rings is 1. The highest BCUT2D eigenvalue weighted by Crippen LogP contribution is 2.12. The molecule has 0 amide bonds. The zero-order chi connectivity index (χ0) is 8.97. The number of likely N-dealkylation sites (N-methyl/N-ethyl adjacent to an activating group) is 1. The number of aliphatic hydroxyl groups is 1. The molecular weight excluding hydrogens is 152 g/mol. The van der Waals surface area contributed by atoms with E-state index in [9.17, 15) is 0 Å². The zero-order valence-electron chi connectivity index (χ0n) is 7.44. The van der Waals surface area contributed by atoms with Crippen LogP contribution in [0.3, 0.4) is 0 Å². The van der Waals surface area contributed by atoms with Crippen molar-refractivity contribution in [2.45, 2.75) is 13.0 Å². The molecule has 0 aliphatic carbocycles. The van der Waals surface area contributed by atoms with E-state index in [1.807, 2.05) is 31.0 Å². The van der Waals surface area contributed by atoms with Crippen LogP contribution in [-0.4, -0.2) is 29.8 Å². The normalized spacial score (nSPS) is 12.6. The van der Waals surface area contributed by atoms with E-state index in [1.165, 1.54) is 0 Å². The van der Waals surface area contributed by atoms with Crippen LogP contribution >= 0.6 is 0 Å². The monoisotopic (exact) mass is 166 g/mol. The lowest BCUT2D eigenvalue weighted by Gasteiger charge is -2.24. The second kappa shape index (κ2) is 4.07. The Labute approximate surface area is 72.7 Å². The van der Waals surface area contributed by atoms with Gasteiger partial charge in [0, 0.05) is 31.2 Å². The van der Waals surface area contributed by atoms with Gasteiger partial charge in [-0.1, -0.05) is 0 Å². The number of hydrogen-bond acceptors (Lipinski definition) is 3. The maximum absolute atomic E-state index is 8.91. The maximum Gasteiger partial charge on any atom is 0.0632 e. The summed E-state index contributed by atoms with van der Waals surface area (Å²) in [7, 11) is 1.95. The van der Waals surface area contributed by atoms with Crippen LogP contribution < -0.4 is 4.90 Å². The Morgan fingerprint density at radius 3 is 2.58 bits per heavy atom. The molecule has 1 aromatic rings. The molecule has 0 saturated heterocycles. The molecular formula is C9H14N2O. The van der Waals surface area contributed by atoms with Crippen LogP contribution in [-0.2, 0) is 0 Å². The smallest absolute Gasteiger partial charge is 0.0632 e. The minimum absolute atomic E-state index is 0.146. The second-order valence-corrected chi connectivity index (χ2v) is 2.85. The van der Waals surface area contributed by atoms with Gasteiger partial charge in [-0.3, -0.25) is 4.98 Å². The molecule has 0 aromatic carbocycles. The Balaban J connectivity index is 2.71. The fourth-order valence-electron chi connectivity index (χ4n) is 0.956. The molecule has 3 heteroatoms. The van der Waals surface area contributed by atoms with Gasteiger partial charge in [-0.15, -0.1) is 0 Å². The molecule has 1 heterocycles. The van der Waals surface area contributed by atoms with E-state index in [0.717, 1.165) is 5.69 Å². The standard InChI is InChI=1S/C9H14N2O/c1-8(7-12)11(2)9-3-5-10-6-4-9/h3-6,8,12H,7H2,1-2H3. The van der Waals surface area contributed by atoms with Gasteiger partial charge < -0.3 is 10.0 Å². The number of anilines is 1. The van der Waals surface area contributed by atoms with Crippen molar-refractivity contribution in [2.24, 2.45) is 0 Å². The Kier molecular flexibility index (Phi) is 3.05. The first-order valence-corrected chi connectivity index (χ1v) is 3.99. The van der Waals surface area contributed by atoms with Gasteiger partial charge in [0.2, 0.25) is 0 Å². The summed E-state index contributed by atoms with van der Waals surface area (Å²) in [5.74, 6) is 0. The lowest BCUT2D eigenvalue weighted by atomic mass is 10.3. The van der Waals surface area contributed by atoms with E-state index in [2.05, 4.69) is 4.98 Å². The summed E-state index contributed by atoms with van der Waals surface area (Å²) < 4.78 is 0. The van der Waals surface area contributed by atoms with Gasteiger partial charge in [-0.2, -0.15) is 0 Å². The van der Waals surface area contributed by atoms with E-state index in [-0.39, 0.29) is 12.6 Å². The third-order valence-corrected chi connectivity index (χ3v) is 2.00. The lowest BCUT2D eigenvalue weighted by molar-refractivity contribution is 0.270. The van der Waals surface area contributed by atoms with E-state index in [1.54, 1.807) is 12.4 Å². The minimum atomic E-state index is 0.146. The third-order valence-electron chi connectivity index (χ3n) is 2.00. The van der Waals surface area contributed by atoms with Gasteiger partial charge in [0.1, 0.15) is 0 Å². The molecule has 66 valence electrons. The third kappa shape index (κ3) is 1.95. The first-order valence-electron chi connectivity index (χ1n) is 3.99. The molecule has 0 fully saturated rings. The molecule has 1 N–H and O–H groups in total. The molecule has 1 aromatic heterocycles. The largest absolute Gasteiger partial charge is 0.394 e. The first kappa shape index (κ1) is 9.00. The van der Waals surface area contributed by atoms with Crippen molar-refractivity contribution < 1.29 is 5.11 Å². The highest BCUT2D eigenvalue weighted by molar-refractivity contribution is 5.44. The van der Waals surface area contributed by atoms with Crippen molar-refractivity contribution in [1.29, 1.82) is 0 Å². The van der Waals surface area contributed by atoms with Crippen molar-refractivity contribution in [3.8, 4) is 0 Å². The highest BCUT2D eigenvalue weighted by Gasteiger charge is 2.06. The van der Waals surface area contributed by atoms with Gasteiger partial charge in [-0.05, 0) is 19.1 Å². The maximum atomic E-state index is 8.91. The predicted molar refractivity (Wildman–Crippen MR) is 49.2 cm³/mol. The number of nitrogens with zero attached hydrogens (tertiary/aromatic N) is 2. The van der Waals surface area contributed by atoms with Crippen LogP contribution in [0.4, 0.5) is 5.69 Å². The average Bonchev–Trinajstić information content (AvgIpc) is 2.17. The van der Waals surface area contributed by atoms with Gasteiger partial charge in [0.25, 0.3) is 0 Å². The average molecular weight is 166 g/mol. The molecule has 0 aliphatic heterocycles. The Bertz CT molecular complexity index is 225.